The van der Waals surface area contributed by atoms with Crippen LogP contribution in [-0.2, 0) is 0 Å². The predicted octanol–water partition coefficient (Wildman–Crippen LogP) is 1.30. The fourth-order valence-corrected chi connectivity index (χ4v) is 0.468. The van der Waals surface area contributed by atoms with Crippen molar-refractivity contribution in [1.29, 1.82) is 0 Å². The molecule has 0 heterocycles. The average Bonchev–Trinajstić information content (AvgIpc) is 1.65. The van der Waals surface area contributed by atoms with E-state index in [1.165, 1.54) is 0 Å². The Balaban J connectivity index is 3.75. The van der Waals surface area contributed by atoms with Crippen LogP contribution in [0.15, 0.2) is 12.2 Å². The van der Waals surface area contributed by atoms with E-state index >= 15 is 0 Å². The number of hydrogen-bond acceptors (Lipinski definition) is 0. The minimum absolute atomic E-state index is 1.05. The Kier molecular flexibility index (Phi) is 3.16. The summed E-state index contributed by atoms with van der Waals surface area (Å²) in [5.41, 5.74) is 1.11. The smallest absolute Gasteiger partial charge is 0.165 e. The number of allylic oxidation sites excluding steroid dienone is 1. The van der Waals surface area contributed by atoms with Crippen molar-refractivity contribution in [1.82, 2.24) is 0 Å². The average molecular weight is 112 g/mol. The molecule has 0 rings (SSSR count). The SMILES string of the molecule is C=C(C)C=[N+](C)CC. The molecule has 0 aliphatic carbocycles. The fourth-order valence-electron chi connectivity index (χ4n) is 0.468. The molecule has 0 aromatic rings. The van der Waals surface area contributed by atoms with Crippen molar-refractivity contribution in [2.75, 3.05) is 13.6 Å². The molecule has 1 heteroatoms. The molecule has 8 heavy (non-hydrogen) atoms. The molecule has 1 nitrogen and oxygen atoms in total. The zero-order chi connectivity index (χ0) is 6.57. The van der Waals surface area contributed by atoms with Crippen LogP contribution in [0.2, 0.25) is 0 Å². The lowest BCUT2D eigenvalue weighted by atomic mass is 10.4. The Morgan fingerprint density at radius 3 is 2.38 bits per heavy atom. The van der Waals surface area contributed by atoms with Crippen LogP contribution in [-0.4, -0.2) is 24.4 Å². The van der Waals surface area contributed by atoms with E-state index in [2.05, 4.69) is 18.1 Å². The summed E-state index contributed by atoms with van der Waals surface area (Å²) < 4.78 is 2.10. The van der Waals surface area contributed by atoms with Crippen molar-refractivity contribution in [3.63, 3.8) is 0 Å². The van der Waals surface area contributed by atoms with E-state index in [0.29, 0.717) is 0 Å². The van der Waals surface area contributed by atoms with Gasteiger partial charge in [-0.3, -0.25) is 0 Å². The van der Waals surface area contributed by atoms with Gasteiger partial charge in [-0.15, -0.1) is 0 Å². The Morgan fingerprint density at radius 2 is 2.25 bits per heavy atom. The largest absolute Gasteiger partial charge is 0.239 e. The lowest BCUT2D eigenvalue weighted by molar-refractivity contribution is -0.488. The quantitative estimate of drug-likeness (QED) is 0.374. The summed E-state index contributed by atoms with van der Waals surface area (Å²) in [6, 6.07) is 0. The molecule has 0 radical (unpaired) electrons. The van der Waals surface area contributed by atoms with E-state index in [-0.39, 0.29) is 0 Å². The number of rotatable bonds is 2. The molecule has 0 aliphatic heterocycles. The Morgan fingerprint density at radius 1 is 1.75 bits per heavy atom. The van der Waals surface area contributed by atoms with Crippen LogP contribution >= 0.6 is 0 Å². The summed E-state index contributed by atoms with van der Waals surface area (Å²) in [7, 11) is 2.04. The van der Waals surface area contributed by atoms with Gasteiger partial charge in [-0.25, -0.2) is 4.58 Å². The van der Waals surface area contributed by atoms with Crippen molar-refractivity contribution >= 4 is 6.21 Å². The van der Waals surface area contributed by atoms with E-state index < -0.39 is 0 Å². The highest BCUT2D eigenvalue weighted by atomic mass is 14.9. The van der Waals surface area contributed by atoms with Crippen molar-refractivity contribution in [2.24, 2.45) is 0 Å². The molecule has 0 aromatic carbocycles. The first kappa shape index (κ1) is 7.41. The first-order valence-corrected chi connectivity index (χ1v) is 2.87. The second-order valence-corrected chi connectivity index (χ2v) is 2.05. The lowest BCUT2D eigenvalue weighted by Gasteiger charge is -1.87. The Labute approximate surface area is 51.3 Å². The molecule has 46 valence electrons. The molecule has 0 aromatic heterocycles. The Hall–Kier alpha value is -0.590. The van der Waals surface area contributed by atoms with Crippen molar-refractivity contribution in [3.05, 3.63) is 12.2 Å². The molecule has 0 saturated heterocycles. The maximum absolute atomic E-state index is 3.75. The summed E-state index contributed by atoms with van der Waals surface area (Å²) in [6.07, 6.45) is 2.03. The fraction of sp³-hybridized carbons (Fsp3) is 0.571. The van der Waals surface area contributed by atoms with Gasteiger partial charge in [0, 0.05) is 5.57 Å². The molecule has 0 N–H and O–H groups in total. The van der Waals surface area contributed by atoms with Crippen molar-refractivity contribution in [2.45, 2.75) is 13.8 Å². The van der Waals surface area contributed by atoms with E-state index in [4.69, 9.17) is 0 Å². The third kappa shape index (κ3) is 3.59. The van der Waals surface area contributed by atoms with Gasteiger partial charge in [0.25, 0.3) is 0 Å². The predicted molar refractivity (Wildman–Crippen MR) is 37.6 cm³/mol. The molecule has 0 aliphatic rings. The van der Waals surface area contributed by atoms with Crippen molar-refractivity contribution < 1.29 is 4.58 Å². The summed E-state index contributed by atoms with van der Waals surface area (Å²) in [5, 5.41) is 0. The number of hydrogen-bond donors (Lipinski definition) is 0. The molecule has 0 atom stereocenters. The standard InChI is InChI=1S/C7H14N/c1-5-8(4)6-7(2)3/h6H,2,5H2,1,3-4H3/q+1. The molecule has 0 unspecified atom stereocenters. The zero-order valence-electron chi connectivity index (χ0n) is 5.94. The second kappa shape index (κ2) is 3.42. The molecule has 0 saturated carbocycles. The van der Waals surface area contributed by atoms with Crippen LogP contribution < -0.4 is 0 Å². The van der Waals surface area contributed by atoms with Crippen LogP contribution in [0.4, 0.5) is 0 Å². The van der Waals surface area contributed by atoms with Gasteiger partial charge in [-0.2, -0.15) is 0 Å². The summed E-state index contributed by atoms with van der Waals surface area (Å²) in [6.45, 7) is 8.90. The second-order valence-electron chi connectivity index (χ2n) is 2.05. The minimum atomic E-state index is 1.05. The maximum Gasteiger partial charge on any atom is 0.165 e. The van der Waals surface area contributed by atoms with Gasteiger partial charge >= 0.3 is 0 Å². The van der Waals surface area contributed by atoms with E-state index in [1.54, 1.807) is 0 Å². The molecule has 0 fully saturated rings. The van der Waals surface area contributed by atoms with Gasteiger partial charge in [0.15, 0.2) is 6.21 Å². The maximum atomic E-state index is 3.75. The van der Waals surface area contributed by atoms with Gasteiger partial charge in [-0.05, 0) is 13.8 Å². The van der Waals surface area contributed by atoms with Gasteiger partial charge in [0.1, 0.15) is 13.6 Å². The van der Waals surface area contributed by atoms with Crippen LogP contribution in [0, 0.1) is 0 Å². The normalized spacial score (nSPS) is 11.6. The highest BCUT2D eigenvalue weighted by Gasteiger charge is 1.86. The first-order chi connectivity index (χ1) is 3.66. The summed E-state index contributed by atoms with van der Waals surface area (Å²) >= 11 is 0. The molecule has 0 spiro atoms. The van der Waals surface area contributed by atoms with Crippen LogP contribution in [0.25, 0.3) is 0 Å². The van der Waals surface area contributed by atoms with Crippen LogP contribution in [0.5, 0.6) is 0 Å². The topological polar surface area (TPSA) is 3.01 Å². The van der Waals surface area contributed by atoms with Crippen LogP contribution in [0.3, 0.4) is 0 Å². The summed E-state index contributed by atoms with van der Waals surface area (Å²) in [4.78, 5) is 0. The zero-order valence-corrected chi connectivity index (χ0v) is 5.94. The monoisotopic (exact) mass is 112 g/mol. The molecular formula is C7H14N+. The Bertz CT molecular complexity index is 112. The van der Waals surface area contributed by atoms with Gasteiger partial charge < -0.3 is 0 Å². The third-order valence-electron chi connectivity index (χ3n) is 0.940. The van der Waals surface area contributed by atoms with Crippen LogP contribution in [0.1, 0.15) is 13.8 Å². The van der Waals surface area contributed by atoms with Gasteiger partial charge in [0.2, 0.25) is 0 Å². The molecular weight excluding hydrogens is 98.1 g/mol. The first-order valence-electron chi connectivity index (χ1n) is 2.87. The lowest BCUT2D eigenvalue weighted by Crippen LogP contribution is -2.05. The van der Waals surface area contributed by atoms with Crippen molar-refractivity contribution in [3.8, 4) is 0 Å². The highest BCUT2D eigenvalue weighted by molar-refractivity contribution is 5.72. The van der Waals surface area contributed by atoms with Gasteiger partial charge in [-0.1, -0.05) is 6.58 Å². The minimum Gasteiger partial charge on any atom is -0.239 e. The molecule has 0 amide bonds. The third-order valence-corrected chi connectivity index (χ3v) is 0.940. The van der Waals surface area contributed by atoms with E-state index in [1.807, 2.05) is 20.2 Å². The summed E-state index contributed by atoms with van der Waals surface area (Å²) in [5.74, 6) is 0. The molecule has 0 bridgehead atoms. The van der Waals surface area contributed by atoms with E-state index in [9.17, 15) is 0 Å². The van der Waals surface area contributed by atoms with E-state index in [0.717, 1.165) is 12.1 Å². The number of nitrogens with zero attached hydrogens (tertiary/aromatic N) is 1. The van der Waals surface area contributed by atoms with Gasteiger partial charge in [0.05, 0.1) is 0 Å². The highest BCUT2D eigenvalue weighted by Crippen LogP contribution is 1.77.